The van der Waals surface area contributed by atoms with Gasteiger partial charge >= 0.3 is 0 Å². The number of nitrogens with zero attached hydrogens (tertiary/aromatic N) is 2. The largest absolute Gasteiger partial charge is 0.508 e. The number of ether oxygens (including phenoxy) is 1. The molecule has 0 unspecified atom stereocenters. The van der Waals surface area contributed by atoms with Crippen LogP contribution >= 0.6 is 0 Å². The molecule has 2 aromatic rings. The quantitative estimate of drug-likeness (QED) is 0.640. The van der Waals surface area contributed by atoms with Crippen LogP contribution in [0.15, 0.2) is 52.7 Å². The number of azo groups is 1. The van der Waals surface area contributed by atoms with Gasteiger partial charge in [0, 0.05) is 6.07 Å². The van der Waals surface area contributed by atoms with E-state index in [-0.39, 0.29) is 5.75 Å². The molecule has 0 spiro atoms. The average molecular weight is 243 g/mol. The Balaban J connectivity index is 2.20. The van der Waals surface area contributed by atoms with Gasteiger partial charge in [0.25, 0.3) is 0 Å². The summed E-state index contributed by atoms with van der Waals surface area (Å²) in [5, 5.41) is 17.2. The SMILES string of the molecule is COc1cc(N=Nc2ccc(O)cc2)ccc1N. The van der Waals surface area contributed by atoms with Crippen LogP contribution in [0.5, 0.6) is 11.5 Å². The van der Waals surface area contributed by atoms with Crippen LogP contribution in [0.3, 0.4) is 0 Å². The number of hydrogen-bond donors (Lipinski definition) is 2. The number of hydrogen-bond acceptors (Lipinski definition) is 5. The van der Waals surface area contributed by atoms with E-state index in [1.807, 2.05) is 0 Å². The van der Waals surface area contributed by atoms with Crippen LogP contribution in [0.1, 0.15) is 0 Å². The summed E-state index contributed by atoms with van der Waals surface area (Å²) in [5.74, 6) is 0.764. The van der Waals surface area contributed by atoms with Gasteiger partial charge in [-0.1, -0.05) is 0 Å². The van der Waals surface area contributed by atoms with E-state index in [9.17, 15) is 0 Å². The van der Waals surface area contributed by atoms with Crippen LogP contribution in [-0.4, -0.2) is 12.2 Å². The predicted octanol–water partition coefficient (Wildman–Crippen LogP) is 3.40. The lowest BCUT2D eigenvalue weighted by Gasteiger charge is -2.03. The van der Waals surface area contributed by atoms with E-state index in [2.05, 4.69) is 10.2 Å². The molecular formula is C13H13N3O2. The minimum Gasteiger partial charge on any atom is -0.508 e. The lowest BCUT2D eigenvalue weighted by Crippen LogP contribution is -1.90. The molecule has 0 saturated carbocycles. The lowest BCUT2D eigenvalue weighted by atomic mass is 10.2. The molecular weight excluding hydrogens is 230 g/mol. The van der Waals surface area contributed by atoms with Crippen molar-refractivity contribution in [1.82, 2.24) is 0 Å². The second-order valence-electron chi connectivity index (χ2n) is 3.64. The molecule has 0 atom stereocenters. The molecule has 0 fully saturated rings. The first-order valence-electron chi connectivity index (χ1n) is 5.33. The Morgan fingerprint density at radius 1 is 1.00 bits per heavy atom. The van der Waals surface area contributed by atoms with Gasteiger partial charge in [0.15, 0.2) is 0 Å². The number of benzene rings is 2. The van der Waals surface area contributed by atoms with Gasteiger partial charge in [0.2, 0.25) is 0 Å². The number of rotatable bonds is 3. The zero-order valence-corrected chi connectivity index (χ0v) is 9.87. The molecule has 3 N–H and O–H groups in total. The fraction of sp³-hybridized carbons (Fsp3) is 0.0769. The number of aromatic hydroxyl groups is 1. The van der Waals surface area contributed by atoms with Gasteiger partial charge < -0.3 is 15.6 Å². The van der Waals surface area contributed by atoms with Crippen LogP contribution in [0.25, 0.3) is 0 Å². The van der Waals surface area contributed by atoms with Gasteiger partial charge in [-0.15, -0.1) is 0 Å². The van der Waals surface area contributed by atoms with Crippen molar-refractivity contribution in [3.05, 3.63) is 42.5 Å². The summed E-state index contributed by atoms with van der Waals surface area (Å²) >= 11 is 0. The van der Waals surface area contributed by atoms with E-state index in [4.69, 9.17) is 15.6 Å². The molecule has 0 amide bonds. The second kappa shape index (κ2) is 5.18. The average Bonchev–Trinajstić information content (AvgIpc) is 2.39. The fourth-order valence-corrected chi connectivity index (χ4v) is 1.40. The number of phenolic OH excluding ortho intramolecular Hbond substituents is 1. The van der Waals surface area contributed by atoms with Crippen molar-refractivity contribution in [2.45, 2.75) is 0 Å². The van der Waals surface area contributed by atoms with Gasteiger partial charge in [0.1, 0.15) is 11.5 Å². The zero-order valence-electron chi connectivity index (χ0n) is 9.87. The molecule has 0 heterocycles. The molecule has 0 bridgehead atoms. The van der Waals surface area contributed by atoms with E-state index in [0.717, 1.165) is 0 Å². The highest BCUT2D eigenvalue weighted by atomic mass is 16.5. The monoisotopic (exact) mass is 243 g/mol. The summed E-state index contributed by atoms with van der Waals surface area (Å²) in [6.07, 6.45) is 0. The number of methoxy groups -OCH3 is 1. The molecule has 0 aliphatic carbocycles. The smallest absolute Gasteiger partial charge is 0.143 e. The number of anilines is 1. The molecule has 2 rings (SSSR count). The van der Waals surface area contributed by atoms with Crippen molar-refractivity contribution in [1.29, 1.82) is 0 Å². The number of nitrogen functional groups attached to an aromatic ring is 1. The first-order valence-corrected chi connectivity index (χ1v) is 5.33. The highest BCUT2D eigenvalue weighted by Crippen LogP contribution is 2.28. The van der Waals surface area contributed by atoms with Crippen molar-refractivity contribution in [2.75, 3.05) is 12.8 Å². The summed E-state index contributed by atoms with van der Waals surface area (Å²) in [5.41, 5.74) is 7.56. The molecule has 5 nitrogen and oxygen atoms in total. The molecule has 0 aliphatic rings. The Bertz CT molecular complexity index is 565. The van der Waals surface area contributed by atoms with Crippen LogP contribution in [0.4, 0.5) is 17.1 Å². The molecule has 0 aromatic heterocycles. The number of nitrogens with two attached hydrogens (primary N) is 1. The van der Waals surface area contributed by atoms with Crippen molar-refractivity contribution < 1.29 is 9.84 Å². The minimum atomic E-state index is 0.197. The molecule has 2 aromatic carbocycles. The van der Waals surface area contributed by atoms with E-state index < -0.39 is 0 Å². The fourth-order valence-electron chi connectivity index (χ4n) is 1.40. The lowest BCUT2D eigenvalue weighted by molar-refractivity contribution is 0.417. The minimum absolute atomic E-state index is 0.197. The third-order valence-corrected chi connectivity index (χ3v) is 2.35. The van der Waals surface area contributed by atoms with E-state index in [0.29, 0.717) is 22.8 Å². The Hall–Kier alpha value is -2.56. The molecule has 92 valence electrons. The summed E-state index contributed by atoms with van der Waals surface area (Å²) in [7, 11) is 1.55. The molecule has 0 aliphatic heterocycles. The van der Waals surface area contributed by atoms with E-state index in [1.165, 1.54) is 0 Å². The Labute approximate surface area is 105 Å². The van der Waals surface area contributed by atoms with Crippen LogP contribution in [0, 0.1) is 0 Å². The van der Waals surface area contributed by atoms with Gasteiger partial charge in [0.05, 0.1) is 24.2 Å². The predicted molar refractivity (Wildman–Crippen MR) is 69.7 cm³/mol. The first-order chi connectivity index (χ1) is 8.69. The Morgan fingerprint density at radius 2 is 1.61 bits per heavy atom. The van der Waals surface area contributed by atoms with Crippen LogP contribution in [0.2, 0.25) is 0 Å². The maximum absolute atomic E-state index is 9.14. The normalized spacial score (nSPS) is 10.7. The Kier molecular flexibility index (Phi) is 3.43. The summed E-state index contributed by atoms with van der Waals surface area (Å²) < 4.78 is 5.09. The maximum atomic E-state index is 9.14. The molecule has 0 saturated heterocycles. The van der Waals surface area contributed by atoms with E-state index in [1.54, 1.807) is 49.6 Å². The van der Waals surface area contributed by atoms with Gasteiger partial charge in [-0.25, -0.2) is 0 Å². The third-order valence-electron chi connectivity index (χ3n) is 2.35. The van der Waals surface area contributed by atoms with Crippen LogP contribution < -0.4 is 10.5 Å². The summed E-state index contributed by atoms with van der Waals surface area (Å²) in [4.78, 5) is 0. The maximum Gasteiger partial charge on any atom is 0.143 e. The van der Waals surface area contributed by atoms with Crippen molar-refractivity contribution in [3.8, 4) is 11.5 Å². The first kappa shape index (κ1) is 11.9. The summed E-state index contributed by atoms with van der Waals surface area (Å²) in [6, 6.07) is 11.6. The highest BCUT2D eigenvalue weighted by Gasteiger charge is 2.00. The third kappa shape index (κ3) is 2.76. The molecule has 18 heavy (non-hydrogen) atoms. The van der Waals surface area contributed by atoms with Crippen molar-refractivity contribution >= 4 is 17.1 Å². The Morgan fingerprint density at radius 3 is 2.28 bits per heavy atom. The van der Waals surface area contributed by atoms with Crippen molar-refractivity contribution in [3.63, 3.8) is 0 Å². The second-order valence-corrected chi connectivity index (χ2v) is 3.64. The van der Waals surface area contributed by atoms with Gasteiger partial charge in [-0.3, -0.25) is 0 Å². The molecule has 5 heteroatoms. The standard InChI is InChI=1S/C13H13N3O2/c1-18-13-8-10(4-7-12(13)14)16-15-9-2-5-11(17)6-3-9/h2-8,17H,14H2,1H3. The molecule has 0 radical (unpaired) electrons. The number of phenols is 1. The van der Waals surface area contributed by atoms with E-state index >= 15 is 0 Å². The van der Waals surface area contributed by atoms with Crippen molar-refractivity contribution in [2.24, 2.45) is 10.2 Å². The van der Waals surface area contributed by atoms with Gasteiger partial charge in [-0.05, 0) is 36.4 Å². The van der Waals surface area contributed by atoms with Gasteiger partial charge in [-0.2, -0.15) is 10.2 Å². The zero-order chi connectivity index (χ0) is 13.0. The summed E-state index contributed by atoms with van der Waals surface area (Å²) in [6.45, 7) is 0. The topological polar surface area (TPSA) is 80.2 Å². The van der Waals surface area contributed by atoms with Crippen LogP contribution in [-0.2, 0) is 0 Å². The highest BCUT2D eigenvalue weighted by molar-refractivity contribution is 5.59.